The molecule has 2 aliphatic heterocycles. The second kappa shape index (κ2) is 6.41. The summed E-state index contributed by atoms with van der Waals surface area (Å²) in [6.45, 7) is 8.13. The van der Waals surface area contributed by atoms with Gasteiger partial charge in [0.1, 0.15) is 5.54 Å². The van der Waals surface area contributed by atoms with Crippen molar-refractivity contribution in [3.8, 4) is 0 Å². The normalized spacial score (nSPS) is 24.9. The minimum absolute atomic E-state index is 0.281. The van der Waals surface area contributed by atoms with Crippen LogP contribution in [0.3, 0.4) is 0 Å². The fraction of sp³-hybridized carbons (Fsp3) is 0.765. The average molecular weight is 304 g/mol. The average Bonchev–Trinajstić information content (AvgIpc) is 3.18. The lowest BCUT2D eigenvalue weighted by Crippen LogP contribution is -2.55. The first kappa shape index (κ1) is 15.5. The number of likely N-dealkylation sites (tertiary alicyclic amines) is 1. The van der Waals surface area contributed by atoms with Crippen LogP contribution in [0.25, 0.3) is 0 Å². The van der Waals surface area contributed by atoms with E-state index in [0.717, 1.165) is 45.4 Å². The topological polar surface area (TPSA) is 50.2 Å². The largest absolute Gasteiger partial charge is 0.340 e. The summed E-state index contributed by atoms with van der Waals surface area (Å²) in [4.78, 5) is 15.4. The van der Waals surface area contributed by atoms with Crippen molar-refractivity contribution in [3.05, 3.63) is 18.5 Å². The maximum absolute atomic E-state index is 13.3. The summed E-state index contributed by atoms with van der Waals surface area (Å²) in [5.74, 6) is 1.66. The molecule has 0 saturated carbocycles. The quantitative estimate of drug-likeness (QED) is 0.923. The van der Waals surface area contributed by atoms with Crippen LogP contribution in [0.1, 0.15) is 39.5 Å². The number of hydrogen-bond donors (Lipinski definition) is 1. The van der Waals surface area contributed by atoms with E-state index in [0.29, 0.717) is 11.8 Å². The minimum atomic E-state index is -0.471. The van der Waals surface area contributed by atoms with Gasteiger partial charge in [0.2, 0.25) is 0 Å². The zero-order valence-corrected chi connectivity index (χ0v) is 13.8. The highest BCUT2D eigenvalue weighted by atomic mass is 16.2. The van der Waals surface area contributed by atoms with E-state index < -0.39 is 5.54 Å². The molecule has 1 atom stereocenters. The number of rotatable bonds is 4. The summed E-state index contributed by atoms with van der Waals surface area (Å²) in [5.41, 5.74) is -0.471. The Labute approximate surface area is 133 Å². The molecule has 1 aromatic rings. The van der Waals surface area contributed by atoms with Crippen LogP contribution >= 0.6 is 0 Å². The maximum Gasteiger partial charge on any atom is 0.250 e. The molecule has 1 aromatic heterocycles. The molecule has 3 rings (SSSR count). The Balaban J connectivity index is 1.76. The van der Waals surface area contributed by atoms with Crippen molar-refractivity contribution < 1.29 is 4.79 Å². The van der Waals surface area contributed by atoms with Gasteiger partial charge in [0.25, 0.3) is 5.91 Å². The molecular formula is C17H28N4O. The van der Waals surface area contributed by atoms with E-state index >= 15 is 0 Å². The molecule has 2 saturated heterocycles. The Morgan fingerprint density at radius 2 is 2.18 bits per heavy atom. The van der Waals surface area contributed by atoms with Gasteiger partial charge in [-0.3, -0.25) is 9.48 Å². The van der Waals surface area contributed by atoms with E-state index in [2.05, 4.69) is 29.2 Å². The minimum Gasteiger partial charge on any atom is -0.340 e. The fourth-order valence-electron chi connectivity index (χ4n) is 4.07. The summed E-state index contributed by atoms with van der Waals surface area (Å²) in [5, 5.41) is 7.78. The first-order valence-electron chi connectivity index (χ1n) is 8.62. The van der Waals surface area contributed by atoms with Crippen molar-refractivity contribution in [1.29, 1.82) is 0 Å². The molecule has 122 valence electrons. The number of aromatic nitrogens is 2. The van der Waals surface area contributed by atoms with Gasteiger partial charge in [0, 0.05) is 25.5 Å². The smallest absolute Gasteiger partial charge is 0.250 e. The predicted molar refractivity (Wildman–Crippen MR) is 86.4 cm³/mol. The van der Waals surface area contributed by atoms with Crippen molar-refractivity contribution >= 4 is 5.91 Å². The molecule has 5 heteroatoms. The molecular weight excluding hydrogens is 276 g/mol. The van der Waals surface area contributed by atoms with Gasteiger partial charge in [-0.25, -0.2) is 0 Å². The number of nitrogens with zero attached hydrogens (tertiary/aromatic N) is 3. The third-order valence-electron chi connectivity index (χ3n) is 5.15. The van der Waals surface area contributed by atoms with Crippen molar-refractivity contribution in [2.75, 3.05) is 26.2 Å². The molecule has 1 unspecified atom stereocenters. The molecule has 22 heavy (non-hydrogen) atoms. The van der Waals surface area contributed by atoms with Gasteiger partial charge in [0.05, 0.1) is 0 Å². The van der Waals surface area contributed by atoms with E-state index in [4.69, 9.17) is 0 Å². The van der Waals surface area contributed by atoms with Gasteiger partial charge in [-0.05, 0) is 56.7 Å². The first-order valence-corrected chi connectivity index (χ1v) is 8.62. The van der Waals surface area contributed by atoms with E-state index in [1.807, 2.05) is 16.9 Å². The zero-order valence-electron chi connectivity index (χ0n) is 13.8. The zero-order chi connectivity index (χ0) is 15.6. The molecule has 1 amide bonds. The summed E-state index contributed by atoms with van der Waals surface area (Å²) >= 11 is 0. The van der Waals surface area contributed by atoms with Gasteiger partial charge in [-0.1, -0.05) is 13.8 Å². The number of amides is 1. The van der Waals surface area contributed by atoms with E-state index in [1.54, 1.807) is 6.20 Å². The Hall–Kier alpha value is -1.36. The number of carbonyl (C=O) groups excluding carboxylic acids is 1. The van der Waals surface area contributed by atoms with Crippen LogP contribution in [0.5, 0.6) is 0 Å². The number of piperidine rings is 1. The van der Waals surface area contributed by atoms with E-state index in [1.165, 1.54) is 6.42 Å². The SMILES string of the molecule is CC(C)CC1CCN(C(=O)C2(n3cccn3)CCNCC2)C1. The molecule has 5 nitrogen and oxygen atoms in total. The third kappa shape index (κ3) is 2.91. The Morgan fingerprint density at radius 1 is 1.41 bits per heavy atom. The standard InChI is InChI=1S/C17H28N4O/c1-14(2)12-15-4-11-20(13-15)16(22)17(5-8-18-9-6-17)21-10-3-7-19-21/h3,7,10,14-15,18H,4-6,8-9,11-13H2,1-2H3. The maximum atomic E-state index is 13.3. The van der Waals surface area contributed by atoms with Crippen molar-refractivity contribution in [3.63, 3.8) is 0 Å². The number of hydrogen-bond acceptors (Lipinski definition) is 3. The monoisotopic (exact) mass is 304 g/mol. The molecule has 2 fully saturated rings. The van der Waals surface area contributed by atoms with Crippen LogP contribution in [0.2, 0.25) is 0 Å². The summed E-state index contributed by atoms with van der Waals surface area (Å²) in [6, 6.07) is 1.92. The van der Waals surface area contributed by atoms with Gasteiger partial charge < -0.3 is 10.2 Å². The van der Waals surface area contributed by atoms with Crippen LogP contribution in [0.4, 0.5) is 0 Å². The second-order valence-corrected chi connectivity index (χ2v) is 7.27. The van der Waals surface area contributed by atoms with Crippen LogP contribution in [-0.2, 0) is 10.3 Å². The van der Waals surface area contributed by atoms with Gasteiger partial charge in [0.15, 0.2) is 0 Å². The highest BCUT2D eigenvalue weighted by Crippen LogP contribution is 2.32. The summed E-state index contributed by atoms with van der Waals surface area (Å²) < 4.78 is 1.91. The Morgan fingerprint density at radius 3 is 2.82 bits per heavy atom. The third-order valence-corrected chi connectivity index (χ3v) is 5.15. The summed E-state index contributed by atoms with van der Waals surface area (Å²) in [6.07, 6.45) is 7.77. The van der Waals surface area contributed by atoms with Crippen LogP contribution in [-0.4, -0.2) is 46.8 Å². The number of carbonyl (C=O) groups is 1. The lowest BCUT2D eigenvalue weighted by atomic mass is 9.86. The van der Waals surface area contributed by atoms with Gasteiger partial charge >= 0.3 is 0 Å². The highest BCUT2D eigenvalue weighted by Gasteiger charge is 2.45. The Bertz CT molecular complexity index is 491. The molecule has 3 heterocycles. The molecule has 2 aliphatic rings. The molecule has 0 aliphatic carbocycles. The van der Waals surface area contributed by atoms with Crippen molar-refractivity contribution in [1.82, 2.24) is 20.0 Å². The lowest BCUT2D eigenvalue weighted by Gasteiger charge is -2.39. The second-order valence-electron chi connectivity index (χ2n) is 7.27. The molecule has 0 bridgehead atoms. The van der Waals surface area contributed by atoms with Crippen LogP contribution in [0.15, 0.2) is 18.5 Å². The summed E-state index contributed by atoms with van der Waals surface area (Å²) in [7, 11) is 0. The highest BCUT2D eigenvalue weighted by molar-refractivity contribution is 5.85. The molecule has 0 aromatic carbocycles. The van der Waals surface area contributed by atoms with Gasteiger partial charge in [-0.2, -0.15) is 5.10 Å². The van der Waals surface area contributed by atoms with Crippen LogP contribution < -0.4 is 5.32 Å². The molecule has 0 spiro atoms. The van der Waals surface area contributed by atoms with Crippen molar-refractivity contribution in [2.24, 2.45) is 11.8 Å². The van der Waals surface area contributed by atoms with E-state index in [-0.39, 0.29) is 5.91 Å². The lowest BCUT2D eigenvalue weighted by molar-refractivity contribution is -0.142. The molecule has 1 N–H and O–H groups in total. The van der Waals surface area contributed by atoms with Crippen LogP contribution in [0, 0.1) is 11.8 Å². The predicted octanol–water partition coefficient (Wildman–Crippen LogP) is 1.86. The Kier molecular flexibility index (Phi) is 4.52. The number of nitrogens with one attached hydrogen (secondary N) is 1. The molecule has 0 radical (unpaired) electrons. The van der Waals surface area contributed by atoms with Gasteiger partial charge in [-0.15, -0.1) is 0 Å². The fourth-order valence-corrected chi connectivity index (χ4v) is 4.07. The van der Waals surface area contributed by atoms with E-state index in [9.17, 15) is 4.79 Å². The first-order chi connectivity index (χ1) is 10.6. The van der Waals surface area contributed by atoms with Crippen molar-refractivity contribution in [2.45, 2.75) is 45.1 Å².